The fourth-order valence-corrected chi connectivity index (χ4v) is 1.71. The van der Waals surface area contributed by atoms with E-state index < -0.39 is 0 Å². The Hall–Kier alpha value is -1.98. The van der Waals surface area contributed by atoms with Gasteiger partial charge in [0, 0.05) is 24.7 Å². The largest absolute Gasteiger partial charge is 0.319 e. The molecular weight excluding hydrogens is 230 g/mol. The Bertz CT molecular complexity index is 605. The van der Waals surface area contributed by atoms with E-state index in [1.165, 1.54) is 4.57 Å². The Morgan fingerprint density at radius 3 is 2.67 bits per heavy atom. The van der Waals surface area contributed by atoms with Crippen molar-refractivity contribution in [3.63, 3.8) is 0 Å². The molecule has 0 aliphatic heterocycles. The van der Waals surface area contributed by atoms with E-state index in [4.69, 9.17) is 0 Å². The third kappa shape index (κ3) is 2.47. The van der Waals surface area contributed by atoms with E-state index in [0.717, 1.165) is 11.4 Å². The zero-order chi connectivity index (χ0) is 13.3. The molecule has 18 heavy (non-hydrogen) atoms. The lowest BCUT2D eigenvalue weighted by Gasteiger charge is -2.17. The van der Waals surface area contributed by atoms with Gasteiger partial charge in [0.05, 0.1) is 6.54 Å². The molecule has 0 unspecified atom stereocenters. The van der Waals surface area contributed by atoms with Gasteiger partial charge in [0.15, 0.2) is 5.82 Å². The molecule has 96 valence electrons. The van der Waals surface area contributed by atoms with Crippen molar-refractivity contribution in [2.75, 3.05) is 0 Å². The summed E-state index contributed by atoms with van der Waals surface area (Å²) in [4.78, 5) is 11.6. The van der Waals surface area contributed by atoms with Crippen LogP contribution in [0.1, 0.15) is 32.2 Å². The lowest BCUT2D eigenvalue weighted by molar-refractivity contribution is 0.490. The van der Waals surface area contributed by atoms with Gasteiger partial charge in [-0.2, -0.15) is 0 Å². The summed E-state index contributed by atoms with van der Waals surface area (Å²) in [6.45, 7) is 6.67. The van der Waals surface area contributed by atoms with Gasteiger partial charge in [-0.3, -0.25) is 4.79 Å². The van der Waals surface area contributed by atoms with Crippen LogP contribution in [0.15, 0.2) is 23.1 Å². The summed E-state index contributed by atoms with van der Waals surface area (Å²) >= 11 is 0. The first kappa shape index (κ1) is 12.5. The minimum atomic E-state index is -0.122. The number of aromatic nitrogens is 5. The standard InChI is InChI=1S/C12H17N5O/c1-12(2,3)11-13-14-15-17(11)8-9-5-6-16(4)10(18)7-9/h5-7H,8H2,1-4H3. The average molecular weight is 247 g/mol. The van der Waals surface area contributed by atoms with Crippen LogP contribution in [0.5, 0.6) is 0 Å². The van der Waals surface area contributed by atoms with Crippen LogP contribution in [0.3, 0.4) is 0 Å². The lowest BCUT2D eigenvalue weighted by Crippen LogP contribution is -2.21. The van der Waals surface area contributed by atoms with E-state index >= 15 is 0 Å². The summed E-state index contributed by atoms with van der Waals surface area (Å²) < 4.78 is 3.27. The average Bonchev–Trinajstić information content (AvgIpc) is 2.71. The van der Waals surface area contributed by atoms with Crippen LogP contribution in [0.4, 0.5) is 0 Å². The zero-order valence-corrected chi connectivity index (χ0v) is 11.1. The van der Waals surface area contributed by atoms with Gasteiger partial charge in [0.25, 0.3) is 5.56 Å². The number of hydrogen-bond acceptors (Lipinski definition) is 4. The molecule has 0 spiro atoms. The molecule has 0 N–H and O–H groups in total. The molecule has 0 saturated heterocycles. The second kappa shape index (κ2) is 4.36. The van der Waals surface area contributed by atoms with Crippen molar-refractivity contribution in [2.24, 2.45) is 7.05 Å². The van der Waals surface area contributed by atoms with Gasteiger partial charge in [-0.15, -0.1) is 5.10 Å². The van der Waals surface area contributed by atoms with Gasteiger partial charge < -0.3 is 4.57 Å². The van der Waals surface area contributed by atoms with Crippen LogP contribution in [0, 0.1) is 0 Å². The first-order valence-corrected chi connectivity index (χ1v) is 5.80. The summed E-state index contributed by atoms with van der Waals surface area (Å²) in [7, 11) is 1.73. The molecule has 0 amide bonds. The quantitative estimate of drug-likeness (QED) is 0.784. The number of nitrogens with zero attached hydrogens (tertiary/aromatic N) is 5. The van der Waals surface area contributed by atoms with Crippen LogP contribution in [-0.2, 0) is 19.0 Å². The molecule has 0 saturated carbocycles. The number of tetrazole rings is 1. The fourth-order valence-electron chi connectivity index (χ4n) is 1.71. The lowest BCUT2D eigenvalue weighted by atomic mass is 9.96. The predicted octanol–water partition coefficient (Wildman–Crippen LogP) is 0.718. The molecule has 0 radical (unpaired) electrons. The molecule has 0 aromatic carbocycles. The Kier molecular flexibility index (Phi) is 3.02. The van der Waals surface area contributed by atoms with Crippen molar-refractivity contribution in [1.29, 1.82) is 0 Å². The highest BCUT2D eigenvalue weighted by molar-refractivity contribution is 5.12. The van der Waals surface area contributed by atoms with Gasteiger partial charge in [-0.25, -0.2) is 4.68 Å². The van der Waals surface area contributed by atoms with Crippen molar-refractivity contribution >= 4 is 0 Å². The molecule has 6 nitrogen and oxygen atoms in total. The maximum absolute atomic E-state index is 11.6. The summed E-state index contributed by atoms with van der Waals surface area (Å²) in [5.41, 5.74) is 0.747. The van der Waals surface area contributed by atoms with E-state index in [0.29, 0.717) is 6.54 Å². The van der Waals surface area contributed by atoms with E-state index in [1.54, 1.807) is 24.0 Å². The van der Waals surface area contributed by atoms with Crippen molar-refractivity contribution in [2.45, 2.75) is 32.7 Å². The van der Waals surface area contributed by atoms with Crippen LogP contribution >= 0.6 is 0 Å². The van der Waals surface area contributed by atoms with Crippen molar-refractivity contribution < 1.29 is 0 Å². The second-order valence-electron chi connectivity index (χ2n) is 5.39. The van der Waals surface area contributed by atoms with Gasteiger partial charge in [-0.05, 0) is 22.1 Å². The molecule has 0 atom stereocenters. The minimum absolute atomic E-state index is 0.0297. The highest BCUT2D eigenvalue weighted by Crippen LogP contribution is 2.18. The molecule has 2 aromatic rings. The summed E-state index contributed by atoms with van der Waals surface area (Å²) in [5.74, 6) is 0.808. The smallest absolute Gasteiger partial charge is 0.250 e. The third-order valence-electron chi connectivity index (χ3n) is 2.70. The van der Waals surface area contributed by atoms with Crippen LogP contribution in [-0.4, -0.2) is 24.8 Å². The Morgan fingerprint density at radius 1 is 1.33 bits per heavy atom. The van der Waals surface area contributed by atoms with Gasteiger partial charge in [0.2, 0.25) is 0 Å². The predicted molar refractivity (Wildman–Crippen MR) is 67.3 cm³/mol. The maximum atomic E-state index is 11.6. The second-order valence-corrected chi connectivity index (χ2v) is 5.39. The molecule has 6 heteroatoms. The number of pyridine rings is 1. The minimum Gasteiger partial charge on any atom is -0.319 e. The number of hydrogen-bond donors (Lipinski definition) is 0. The van der Waals surface area contributed by atoms with Gasteiger partial charge in [-0.1, -0.05) is 20.8 Å². The molecule has 0 bridgehead atoms. The van der Waals surface area contributed by atoms with Crippen LogP contribution in [0.2, 0.25) is 0 Å². The van der Waals surface area contributed by atoms with E-state index in [1.807, 2.05) is 6.07 Å². The highest BCUT2D eigenvalue weighted by Gasteiger charge is 2.21. The maximum Gasteiger partial charge on any atom is 0.250 e. The van der Waals surface area contributed by atoms with Crippen molar-refractivity contribution in [1.82, 2.24) is 24.8 Å². The number of aryl methyl sites for hydroxylation is 1. The first-order chi connectivity index (χ1) is 8.38. The van der Waals surface area contributed by atoms with Crippen LogP contribution in [0.25, 0.3) is 0 Å². The van der Waals surface area contributed by atoms with E-state index in [9.17, 15) is 4.79 Å². The number of rotatable bonds is 2. The van der Waals surface area contributed by atoms with Gasteiger partial charge in [0.1, 0.15) is 0 Å². The fraction of sp³-hybridized carbons (Fsp3) is 0.500. The van der Waals surface area contributed by atoms with Crippen molar-refractivity contribution in [3.8, 4) is 0 Å². The summed E-state index contributed by atoms with van der Waals surface area (Å²) in [6.07, 6.45) is 1.75. The summed E-state index contributed by atoms with van der Waals surface area (Å²) in [5, 5.41) is 11.7. The molecule has 0 fully saturated rings. The summed E-state index contributed by atoms with van der Waals surface area (Å²) in [6, 6.07) is 3.50. The zero-order valence-electron chi connectivity index (χ0n) is 11.1. The highest BCUT2D eigenvalue weighted by atomic mass is 16.1. The van der Waals surface area contributed by atoms with Crippen molar-refractivity contribution in [3.05, 3.63) is 40.1 Å². The third-order valence-corrected chi connectivity index (χ3v) is 2.70. The molecule has 2 aromatic heterocycles. The Balaban J connectivity index is 2.32. The molecular formula is C12H17N5O. The normalized spacial score (nSPS) is 11.8. The van der Waals surface area contributed by atoms with E-state index in [2.05, 4.69) is 36.3 Å². The van der Waals surface area contributed by atoms with E-state index in [-0.39, 0.29) is 11.0 Å². The Labute approximate surface area is 105 Å². The monoisotopic (exact) mass is 247 g/mol. The van der Waals surface area contributed by atoms with Crippen LogP contribution < -0.4 is 5.56 Å². The first-order valence-electron chi connectivity index (χ1n) is 5.80. The molecule has 0 aliphatic carbocycles. The topological polar surface area (TPSA) is 65.6 Å². The van der Waals surface area contributed by atoms with Gasteiger partial charge >= 0.3 is 0 Å². The molecule has 0 aliphatic rings. The molecule has 2 rings (SSSR count). The Morgan fingerprint density at radius 2 is 2.06 bits per heavy atom. The SMILES string of the molecule is Cn1ccc(Cn2nnnc2C(C)(C)C)cc1=O. The molecule has 2 heterocycles.